The zero-order valence-electron chi connectivity index (χ0n) is 17.5. The summed E-state index contributed by atoms with van der Waals surface area (Å²) in [6.07, 6.45) is 0.242. The number of cyclic esters (lactones) is 1. The number of carbonyl (C=O) groups is 2. The summed E-state index contributed by atoms with van der Waals surface area (Å²) in [6, 6.07) is 13.5. The maximum absolute atomic E-state index is 12.9. The first-order chi connectivity index (χ1) is 13.9. The van der Waals surface area contributed by atoms with Gasteiger partial charge in [0.1, 0.15) is 0 Å². The van der Waals surface area contributed by atoms with Crippen molar-refractivity contribution < 1.29 is 22.7 Å². The van der Waals surface area contributed by atoms with Crippen molar-refractivity contribution in [3.8, 4) is 0 Å². The van der Waals surface area contributed by atoms with Gasteiger partial charge in [0.25, 0.3) is 5.91 Å². The second kappa shape index (κ2) is 7.85. The van der Waals surface area contributed by atoms with E-state index in [2.05, 4.69) is 10.0 Å². The summed E-state index contributed by atoms with van der Waals surface area (Å²) in [5, 5.41) is 2.73. The fraction of sp³-hybridized carbons (Fsp3) is 0.364. The topological polar surface area (TPSA) is 102 Å². The fourth-order valence-corrected chi connectivity index (χ4v) is 5.05. The first-order valence-corrected chi connectivity index (χ1v) is 11.1. The molecule has 0 bridgehead atoms. The monoisotopic (exact) mass is 430 g/mol. The van der Waals surface area contributed by atoms with Crippen molar-refractivity contribution in [3.63, 3.8) is 0 Å². The second-order valence-electron chi connectivity index (χ2n) is 8.60. The van der Waals surface area contributed by atoms with Crippen molar-refractivity contribution in [2.45, 2.75) is 56.7 Å². The van der Waals surface area contributed by atoms with Gasteiger partial charge in [0.15, 0.2) is 5.60 Å². The van der Waals surface area contributed by atoms with Crippen LogP contribution in [-0.2, 0) is 32.5 Å². The quantitative estimate of drug-likeness (QED) is 0.710. The molecule has 0 aromatic heterocycles. The van der Waals surface area contributed by atoms with Crippen LogP contribution in [0.1, 0.15) is 49.2 Å². The average molecular weight is 431 g/mol. The van der Waals surface area contributed by atoms with E-state index in [-0.39, 0.29) is 17.9 Å². The van der Waals surface area contributed by atoms with Crippen molar-refractivity contribution in [3.05, 3.63) is 65.2 Å². The number of amides is 1. The van der Waals surface area contributed by atoms with Crippen LogP contribution in [0.2, 0.25) is 0 Å². The third-order valence-electron chi connectivity index (χ3n) is 4.71. The van der Waals surface area contributed by atoms with E-state index in [0.717, 1.165) is 5.56 Å². The Morgan fingerprint density at radius 3 is 2.43 bits per heavy atom. The van der Waals surface area contributed by atoms with Gasteiger partial charge in [-0.15, -0.1) is 0 Å². The summed E-state index contributed by atoms with van der Waals surface area (Å²) < 4.78 is 33.6. The molecule has 2 aromatic rings. The Balaban J connectivity index is 1.79. The molecule has 1 amide bonds. The largest absolute Gasteiger partial charge is 0.445 e. The predicted molar refractivity (Wildman–Crippen MR) is 112 cm³/mol. The number of ether oxygens (including phenoxy) is 1. The summed E-state index contributed by atoms with van der Waals surface area (Å²) >= 11 is 0. The van der Waals surface area contributed by atoms with Crippen LogP contribution >= 0.6 is 0 Å². The van der Waals surface area contributed by atoms with Crippen LogP contribution in [0.15, 0.2) is 53.4 Å². The van der Waals surface area contributed by atoms with Gasteiger partial charge in [0.05, 0.1) is 10.5 Å². The van der Waals surface area contributed by atoms with Gasteiger partial charge in [-0.3, -0.25) is 4.79 Å². The summed E-state index contributed by atoms with van der Waals surface area (Å²) in [5.74, 6) is -1.03. The molecule has 2 aromatic carbocycles. The molecule has 0 saturated heterocycles. The lowest BCUT2D eigenvalue weighted by Crippen LogP contribution is -2.51. The molecule has 1 unspecified atom stereocenters. The second-order valence-corrected chi connectivity index (χ2v) is 10.3. The summed E-state index contributed by atoms with van der Waals surface area (Å²) in [4.78, 5) is 25.3. The van der Waals surface area contributed by atoms with Gasteiger partial charge in [-0.25, -0.2) is 17.9 Å². The Hall–Kier alpha value is -2.71. The van der Waals surface area contributed by atoms with Gasteiger partial charge in [-0.05, 0) is 51.0 Å². The van der Waals surface area contributed by atoms with Gasteiger partial charge in [0.2, 0.25) is 10.0 Å². The van der Waals surface area contributed by atoms with E-state index in [9.17, 15) is 18.0 Å². The fourth-order valence-electron chi connectivity index (χ4n) is 3.39. The Kier molecular flexibility index (Phi) is 5.75. The predicted octanol–water partition coefficient (Wildman–Crippen LogP) is 2.55. The highest BCUT2D eigenvalue weighted by Crippen LogP contribution is 2.28. The SMILES string of the molecule is CC(C)(C)NS(=O)(=O)c1ccccc1CNC(=O)C1(C)Cc2ccccc2C(=O)O1. The van der Waals surface area contributed by atoms with Crippen LogP contribution < -0.4 is 10.0 Å². The van der Waals surface area contributed by atoms with Gasteiger partial charge in [0, 0.05) is 18.5 Å². The number of nitrogens with one attached hydrogen (secondary N) is 2. The highest BCUT2D eigenvalue weighted by molar-refractivity contribution is 7.89. The van der Waals surface area contributed by atoms with E-state index in [1.54, 1.807) is 70.2 Å². The minimum atomic E-state index is -3.77. The van der Waals surface area contributed by atoms with E-state index in [1.165, 1.54) is 6.07 Å². The van der Waals surface area contributed by atoms with Crippen LogP contribution in [-0.4, -0.2) is 31.4 Å². The first-order valence-electron chi connectivity index (χ1n) is 9.63. The molecule has 0 radical (unpaired) electrons. The highest BCUT2D eigenvalue weighted by atomic mass is 32.2. The van der Waals surface area contributed by atoms with E-state index in [0.29, 0.717) is 11.1 Å². The molecule has 160 valence electrons. The number of rotatable bonds is 5. The molecule has 3 rings (SSSR count). The molecule has 1 heterocycles. The number of carbonyl (C=O) groups excluding carboxylic acids is 2. The molecule has 1 aliphatic heterocycles. The lowest BCUT2D eigenvalue weighted by Gasteiger charge is -2.33. The maximum atomic E-state index is 12.9. The number of benzene rings is 2. The van der Waals surface area contributed by atoms with E-state index in [1.807, 2.05) is 0 Å². The molecular weight excluding hydrogens is 404 g/mol. The number of sulfonamides is 1. The third-order valence-corrected chi connectivity index (χ3v) is 6.56. The Morgan fingerprint density at radius 1 is 1.10 bits per heavy atom. The Morgan fingerprint density at radius 2 is 1.73 bits per heavy atom. The van der Waals surface area contributed by atoms with Gasteiger partial charge in [-0.1, -0.05) is 36.4 Å². The van der Waals surface area contributed by atoms with Gasteiger partial charge >= 0.3 is 5.97 Å². The molecule has 0 aliphatic carbocycles. The standard InChI is InChI=1S/C22H26N2O5S/c1-21(2,3)24-30(27,28)18-12-8-6-10-16(18)14-23-20(26)22(4)13-15-9-5-7-11-17(15)19(25)29-22/h5-12,24H,13-14H2,1-4H3,(H,23,26). The van der Waals surface area contributed by atoms with Crippen molar-refractivity contribution in [2.24, 2.45) is 0 Å². The maximum Gasteiger partial charge on any atom is 0.339 e. The van der Waals surface area contributed by atoms with Gasteiger partial charge < -0.3 is 10.1 Å². The molecule has 0 saturated carbocycles. The lowest BCUT2D eigenvalue weighted by molar-refractivity contribution is -0.140. The smallest absolute Gasteiger partial charge is 0.339 e. The molecule has 0 fully saturated rings. The lowest BCUT2D eigenvalue weighted by atomic mass is 9.89. The van der Waals surface area contributed by atoms with Crippen LogP contribution in [0.3, 0.4) is 0 Å². The highest BCUT2D eigenvalue weighted by Gasteiger charge is 2.42. The minimum Gasteiger partial charge on any atom is -0.445 e. The summed E-state index contributed by atoms with van der Waals surface area (Å²) in [6.45, 7) is 6.80. The van der Waals surface area contributed by atoms with Crippen molar-refractivity contribution in [2.75, 3.05) is 0 Å². The molecule has 0 spiro atoms. The van der Waals surface area contributed by atoms with E-state index < -0.39 is 33.0 Å². The van der Waals surface area contributed by atoms with Gasteiger partial charge in [-0.2, -0.15) is 0 Å². The Bertz CT molecular complexity index is 1090. The normalized spacial score (nSPS) is 19.0. The van der Waals surface area contributed by atoms with Crippen LogP contribution in [0.4, 0.5) is 0 Å². The summed E-state index contributed by atoms with van der Waals surface area (Å²) in [5.41, 5.74) is -0.389. The Labute approximate surface area is 176 Å². The molecule has 8 heteroatoms. The number of hydrogen-bond donors (Lipinski definition) is 2. The third kappa shape index (κ3) is 4.71. The number of hydrogen-bond acceptors (Lipinski definition) is 5. The minimum absolute atomic E-state index is 0.0190. The summed E-state index contributed by atoms with van der Waals surface area (Å²) in [7, 11) is -3.77. The molecule has 2 N–H and O–H groups in total. The molecule has 1 atom stereocenters. The zero-order chi connectivity index (χ0) is 22.2. The molecule has 7 nitrogen and oxygen atoms in total. The van der Waals surface area contributed by atoms with Crippen molar-refractivity contribution in [1.82, 2.24) is 10.0 Å². The average Bonchev–Trinajstić information content (AvgIpc) is 2.64. The first kappa shape index (κ1) is 22.0. The van der Waals surface area contributed by atoms with E-state index in [4.69, 9.17) is 4.74 Å². The number of esters is 1. The van der Waals surface area contributed by atoms with Crippen molar-refractivity contribution >= 4 is 21.9 Å². The van der Waals surface area contributed by atoms with Crippen LogP contribution in [0.5, 0.6) is 0 Å². The molecule has 1 aliphatic rings. The van der Waals surface area contributed by atoms with Crippen LogP contribution in [0.25, 0.3) is 0 Å². The van der Waals surface area contributed by atoms with E-state index >= 15 is 0 Å². The molecular formula is C22H26N2O5S. The number of fused-ring (bicyclic) bond motifs is 1. The van der Waals surface area contributed by atoms with Crippen LogP contribution in [0, 0.1) is 0 Å². The molecule has 30 heavy (non-hydrogen) atoms. The van der Waals surface area contributed by atoms with Crippen molar-refractivity contribution in [1.29, 1.82) is 0 Å². The zero-order valence-corrected chi connectivity index (χ0v) is 18.3.